The summed E-state index contributed by atoms with van der Waals surface area (Å²) >= 11 is 1.45. The molecule has 29 heavy (non-hydrogen) atoms. The number of thiazole rings is 1. The van der Waals surface area contributed by atoms with E-state index in [9.17, 15) is 4.79 Å². The van der Waals surface area contributed by atoms with Crippen LogP contribution in [-0.4, -0.2) is 49.0 Å². The molecule has 1 aliphatic rings. The second kappa shape index (κ2) is 8.76. The van der Waals surface area contributed by atoms with Gasteiger partial charge in [0.2, 0.25) is 0 Å². The first-order valence-electron chi connectivity index (χ1n) is 9.94. The summed E-state index contributed by atoms with van der Waals surface area (Å²) in [6, 6.07) is 18.3. The van der Waals surface area contributed by atoms with Crippen LogP contribution >= 0.6 is 11.3 Å². The Kier molecular flexibility index (Phi) is 5.92. The van der Waals surface area contributed by atoms with Gasteiger partial charge in [-0.2, -0.15) is 0 Å². The van der Waals surface area contributed by atoms with Crippen LogP contribution < -0.4 is 10.2 Å². The molecular formula is C23H26N4OS. The average molecular weight is 407 g/mol. The first kappa shape index (κ1) is 19.6. The van der Waals surface area contributed by atoms with E-state index in [1.54, 1.807) is 0 Å². The van der Waals surface area contributed by atoms with Gasteiger partial charge in [0.05, 0.1) is 5.69 Å². The van der Waals surface area contributed by atoms with Gasteiger partial charge in [-0.05, 0) is 25.6 Å². The van der Waals surface area contributed by atoms with Gasteiger partial charge >= 0.3 is 0 Å². The molecule has 1 N–H and O–H groups in total. The van der Waals surface area contributed by atoms with Crippen LogP contribution in [0.1, 0.15) is 20.9 Å². The van der Waals surface area contributed by atoms with Crippen molar-refractivity contribution < 1.29 is 4.79 Å². The van der Waals surface area contributed by atoms with E-state index in [1.165, 1.54) is 17.0 Å². The van der Waals surface area contributed by atoms with Crippen LogP contribution in [-0.2, 0) is 6.54 Å². The molecule has 0 bridgehead atoms. The maximum Gasteiger partial charge on any atom is 0.263 e. The van der Waals surface area contributed by atoms with Crippen LogP contribution in [0.15, 0.2) is 54.6 Å². The van der Waals surface area contributed by atoms with Gasteiger partial charge in [-0.1, -0.05) is 48.5 Å². The number of anilines is 1. The average Bonchev–Trinajstić information content (AvgIpc) is 3.15. The first-order chi connectivity index (χ1) is 14.1. The summed E-state index contributed by atoms with van der Waals surface area (Å²) in [6.07, 6.45) is 0. The van der Waals surface area contributed by atoms with Crippen molar-refractivity contribution in [1.29, 1.82) is 0 Å². The third-order valence-electron chi connectivity index (χ3n) is 5.30. The first-order valence-corrected chi connectivity index (χ1v) is 10.8. The van der Waals surface area contributed by atoms with E-state index in [0.29, 0.717) is 11.4 Å². The number of aromatic nitrogens is 1. The minimum atomic E-state index is -0.0599. The third-order valence-corrected chi connectivity index (χ3v) is 6.50. The highest BCUT2D eigenvalue weighted by atomic mass is 32.1. The number of piperazine rings is 1. The van der Waals surface area contributed by atoms with Crippen molar-refractivity contribution in [2.75, 3.05) is 38.1 Å². The summed E-state index contributed by atoms with van der Waals surface area (Å²) in [6.45, 7) is 6.55. The van der Waals surface area contributed by atoms with Gasteiger partial charge in [0.1, 0.15) is 9.88 Å². The number of nitrogens with one attached hydrogen (secondary N) is 1. The molecule has 0 unspecified atom stereocenters. The standard InChI is InChI=1S/C23H26N4OS/c1-17-21(29-23(25-17)18-8-4-3-5-9-18)22(28)24-16-19-10-6-7-11-20(19)27-14-12-26(2)13-15-27/h3-11H,12-16H2,1-2H3,(H,24,28). The van der Waals surface area contributed by atoms with Gasteiger partial charge in [-0.25, -0.2) is 4.98 Å². The number of hydrogen-bond donors (Lipinski definition) is 1. The molecule has 1 fully saturated rings. The molecule has 0 saturated carbocycles. The summed E-state index contributed by atoms with van der Waals surface area (Å²) in [5, 5.41) is 3.98. The monoisotopic (exact) mass is 406 g/mol. The summed E-state index contributed by atoms with van der Waals surface area (Å²) in [5.74, 6) is -0.0599. The van der Waals surface area contributed by atoms with E-state index >= 15 is 0 Å². The quantitative estimate of drug-likeness (QED) is 0.700. The summed E-state index contributed by atoms with van der Waals surface area (Å²) in [7, 11) is 2.16. The highest BCUT2D eigenvalue weighted by Gasteiger charge is 2.19. The maximum atomic E-state index is 12.9. The van der Waals surface area contributed by atoms with E-state index < -0.39 is 0 Å². The number of nitrogens with zero attached hydrogens (tertiary/aromatic N) is 3. The lowest BCUT2D eigenvalue weighted by Crippen LogP contribution is -2.45. The van der Waals surface area contributed by atoms with E-state index in [2.05, 4.69) is 45.3 Å². The zero-order chi connectivity index (χ0) is 20.2. The number of amides is 1. The Morgan fingerprint density at radius 1 is 1.03 bits per heavy atom. The molecule has 0 spiro atoms. The van der Waals surface area contributed by atoms with E-state index in [0.717, 1.165) is 48.0 Å². The molecule has 1 aromatic heterocycles. The lowest BCUT2D eigenvalue weighted by molar-refractivity contribution is 0.0954. The van der Waals surface area contributed by atoms with Gasteiger partial charge in [-0.15, -0.1) is 11.3 Å². The maximum absolute atomic E-state index is 12.9. The largest absolute Gasteiger partial charge is 0.369 e. The number of carbonyl (C=O) groups is 1. The Balaban J connectivity index is 1.46. The van der Waals surface area contributed by atoms with Crippen molar-refractivity contribution in [3.05, 3.63) is 70.7 Å². The molecule has 0 radical (unpaired) electrons. The Hall–Kier alpha value is -2.70. The molecular weight excluding hydrogens is 380 g/mol. The Labute approximate surface area is 176 Å². The fourth-order valence-electron chi connectivity index (χ4n) is 3.58. The van der Waals surface area contributed by atoms with Crippen molar-refractivity contribution in [3.63, 3.8) is 0 Å². The molecule has 3 aromatic rings. The Morgan fingerprint density at radius 3 is 2.48 bits per heavy atom. The van der Waals surface area contributed by atoms with Crippen LogP contribution in [0.5, 0.6) is 0 Å². The van der Waals surface area contributed by atoms with Crippen molar-refractivity contribution in [2.45, 2.75) is 13.5 Å². The lowest BCUT2D eigenvalue weighted by atomic mass is 10.1. The number of benzene rings is 2. The van der Waals surface area contributed by atoms with Crippen molar-refractivity contribution in [3.8, 4) is 10.6 Å². The Bertz CT molecular complexity index is 978. The third kappa shape index (κ3) is 4.49. The van der Waals surface area contributed by atoms with Crippen LogP contribution in [0.2, 0.25) is 0 Å². The van der Waals surface area contributed by atoms with Gasteiger partial charge in [0.25, 0.3) is 5.91 Å². The molecule has 5 nitrogen and oxygen atoms in total. The molecule has 4 rings (SSSR count). The van der Waals surface area contributed by atoms with E-state index in [-0.39, 0.29) is 5.91 Å². The van der Waals surface area contributed by atoms with Crippen LogP contribution in [0.3, 0.4) is 0 Å². The smallest absolute Gasteiger partial charge is 0.263 e. The molecule has 2 heterocycles. The fraction of sp³-hybridized carbons (Fsp3) is 0.304. The number of para-hydroxylation sites is 1. The highest BCUT2D eigenvalue weighted by Crippen LogP contribution is 2.28. The molecule has 6 heteroatoms. The molecule has 1 saturated heterocycles. The van der Waals surface area contributed by atoms with E-state index in [1.807, 2.05) is 43.3 Å². The number of hydrogen-bond acceptors (Lipinski definition) is 5. The second-order valence-electron chi connectivity index (χ2n) is 7.40. The predicted octanol–water partition coefficient (Wildman–Crippen LogP) is 3.80. The van der Waals surface area contributed by atoms with Gasteiger partial charge in [0.15, 0.2) is 0 Å². The van der Waals surface area contributed by atoms with Gasteiger partial charge < -0.3 is 15.1 Å². The Morgan fingerprint density at radius 2 is 1.72 bits per heavy atom. The molecule has 0 aliphatic carbocycles. The minimum absolute atomic E-state index is 0.0599. The van der Waals surface area contributed by atoms with E-state index in [4.69, 9.17) is 0 Å². The lowest BCUT2D eigenvalue weighted by Gasteiger charge is -2.35. The summed E-state index contributed by atoms with van der Waals surface area (Å²) in [4.78, 5) is 22.9. The topological polar surface area (TPSA) is 48.5 Å². The zero-order valence-corrected chi connectivity index (χ0v) is 17.7. The minimum Gasteiger partial charge on any atom is -0.369 e. The fourth-order valence-corrected chi connectivity index (χ4v) is 4.57. The van der Waals surface area contributed by atoms with Crippen LogP contribution in [0.25, 0.3) is 10.6 Å². The molecule has 0 atom stereocenters. The number of rotatable bonds is 5. The van der Waals surface area contributed by atoms with Gasteiger partial charge in [-0.3, -0.25) is 4.79 Å². The van der Waals surface area contributed by atoms with Crippen molar-refractivity contribution in [1.82, 2.24) is 15.2 Å². The number of likely N-dealkylation sites (N-methyl/N-ethyl adjacent to an activating group) is 1. The predicted molar refractivity (Wildman–Crippen MR) is 120 cm³/mol. The molecule has 1 aliphatic heterocycles. The second-order valence-corrected chi connectivity index (χ2v) is 8.40. The SMILES string of the molecule is Cc1nc(-c2ccccc2)sc1C(=O)NCc1ccccc1N1CCN(C)CC1. The normalized spacial score (nSPS) is 14.8. The van der Waals surface area contributed by atoms with Crippen LogP contribution in [0, 0.1) is 6.92 Å². The number of carbonyl (C=O) groups excluding carboxylic acids is 1. The summed E-state index contributed by atoms with van der Waals surface area (Å²) < 4.78 is 0. The highest BCUT2D eigenvalue weighted by molar-refractivity contribution is 7.17. The molecule has 150 valence electrons. The van der Waals surface area contributed by atoms with Crippen molar-refractivity contribution in [2.24, 2.45) is 0 Å². The summed E-state index contributed by atoms with van der Waals surface area (Å²) in [5.41, 5.74) is 4.18. The van der Waals surface area contributed by atoms with Crippen molar-refractivity contribution >= 4 is 22.9 Å². The molecule has 2 aromatic carbocycles. The van der Waals surface area contributed by atoms with Gasteiger partial charge in [0, 0.05) is 44.0 Å². The van der Waals surface area contributed by atoms with Crippen LogP contribution in [0.4, 0.5) is 5.69 Å². The zero-order valence-electron chi connectivity index (χ0n) is 16.9. The number of aryl methyl sites for hydroxylation is 1. The molecule has 1 amide bonds.